The molecule has 2 amide bonds. The first-order valence-electron chi connectivity index (χ1n) is 9.49. The average Bonchev–Trinajstić information content (AvgIpc) is 2.67. The molecule has 0 bridgehead atoms. The van der Waals surface area contributed by atoms with E-state index < -0.39 is 0 Å². The van der Waals surface area contributed by atoms with E-state index in [0.29, 0.717) is 35.2 Å². The molecule has 6 heteroatoms. The van der Waals surface area contributed by atoms with Crippen LogP contribution in [-0.2, 0) is 4.79 Å². The highest BCUT2D eigenvalue weighted by atomic mass is 32.2. The summed E-state index contributed by atoms with van der Waals surface area (Å²) in [5.41, 5.74) is 1.91. The van der Waals surface area contributed by atoms with Crippen molar-refractivity contribution in [3.63, 3.8) is 0 Å². The molecule has 5 nitrogen and oxygen atoms in total. The van der Waals surface area contributed by atoms with Gasteiger partial charge in [0.1, 0.15) is 5.75 Å². The van der Waals surface area contributed by atoms with Gasteiger partial charge < -0.3 is 15.4 Å². The third-order valence-electron chi connectivity index (χ3n) is 3.93. The average molecular weight is 401 g/mol. The zero-order chi connectivity index (χ0) is 20.4. The van der Waals surface area contributed by atoms with Crippen molar-refractivity contribution in [2.24, 2.45) is 5.92 Å². The minimum Gasteiger partial charge on any atom is -0.494 e. The maximum atomic E-state index is 12.4. The molecule has 2 aromatic carbocycles. The quantitative estimate of drug-likeness (QED) is 0.547. The van der Waals surface area contributed by atoms with E-state index in [0.717, 1.165) is 17.9 Å². The molecule has 0 atom stereocenters. The number of nitrogens with one attached hydrogen (secondary N) is 2. The van der Waals surface area contributed by atoms with E-state index in [-0.39, 0.29) is 11.8 Å². The van der Waals surface area contributed by atoms with E-state index in [2.05, 4.69) is 24.5 Å². The summed E-state index contributed by atoms with van der Waals surface area (Å²) >= 11 is 1.64. The van der Waals surface area contributed by atoms with E-state index in [9.17, 15) is 9.59 Å². The first-order chi connectivity index (χ1) is 13.5. The molecule has 0 fully saturated rings. The molecule has 28 heavy (non-hydrogen) atoms. The molecule has 2 N–H and O–H groups in total. The molecule has 0 aliphatic heterocycles. The zero-order valence-corrected chi connectivity index (χ0v) is 17.5. The summed E-state index contributed by atoms with van der Waals surface area (Å²) in [5, 5.41) is 5.70. The third-order valence-corrected chi connectivity index (χ3v) is 4.92. The fourth-order valence-corrected chi connectivity index (χ4v) is 3.43. The van der Waals surface area contributed by atoms with Crippen molar-refractivity contribution in [2.45, 2.75) is 27.2 Å². The van der Waals surface area contributed by atoms with Gasteiger partial charge in [-0.3, -0.25) is 9.59 Å². The second kappa shape index (κ2) is 11.4. The number of benzene rings is 2. The lowest BCUT2D eigenvalue weighted by atomic mass is 10.2. The van der Waals surface area contributed by atoms with E-state index in [1.54, 1.807) is 48.2 Å². The van der Waals surface area contributed by atoms with Gasteiger partial charge >= 0.3 is 0 Å². The normalized spacial score (nSPS) is 10.6. The van der Waals surface area contributed by atoms with Crippen LogP contribution in [0.3, 0.4) is 0 Å². The van der Waals surface area contributed by atoms with Crippen molar-refractivity contribution in [2.75, 3.05) is 28.7 Å². The van der Waals surface area contributed by atoms with Crippen LogP contribution in [0, 0.1) is 5.92 Å². The van der Waals surface area contributed by atoms with Gasteiger partial charge in [0, 0.05) is 16.9 Å². The molecule has 0 aromatic heterocycles. The van der Waals surface area contributed by atoms with Crippen molar-refractivity contribution in [1.29, 1.82) is 0 Å². The van der Waals surface area contributed by atoms with Crippen LogP contribution in [0.1, 0.15) is 37.6 Å². The Kier molecular flexibility index (Phi) is 8.88. The van der Waals surface area contributed by atoms with E-state index in [1.165, 1.54) is 0 Å². The number of hydrogen-bond acceptors (Lipinski definition) is 4. The van der Waals surface area contributed by atoms with Crippen LogP contribution in [0.25, 0.3) is 0 Å². The fourth-order valence-electron chi connectivity index (χ4n) is 2.39. The van der Waals surface area contributed by atoms with Crippen LogP contribution in [0.2, 0.25) is 0 Å². The Morgan fingerprint density at radius 3 is 2.18 bits per heavy atom. The number of carbonyl (C=O) groups is 2. The summed E-state index contributed by atoms with van der Waals surface area (Å²) in [6, 6.07) is 14.1. The van der Waals surface area contributed by atoms with Gasteiger partial charge in [-0.05, 0) is 73.5 Å². The van der Waals surface area contributed by atoms with Gasteiger partial charge in [0.2, 0.25) is 5.91 Å². The summed E-state index contributed by atoms with van der Waals surface area (Å²) < 4.78 is 5.39. The Balaban J connectivity index is 1.82. The lowest BCUT2D eigenvalue weighted by Crippen LogP contribution is -2.15. The number of hydrogen-bond donors (Lipinski definition) is 2. The second-order valence-corrected chi connectivity index (χ2v) is 7.88. The standard InChI is InChI=1S/C22H28N2O3S/c1-4-27-20-11-9-19(10-12-20)24-22(26)17-5-7-18(8-6-17)23-21(25)15-28-14-13-16(2)3/h5-12,16H,4,13-15H2,1-3H3,(H,23,25)(H,24,26). The van der Waals surface area contributed by atoms with Crippen LogP contribution in [-0.4, -0.2) is 29.9 Å². The summed E-state index contributed by atoms with van der Waals surface area (Å²) in [7, 11) is 0. The van der Waals surface area contributed by atoms with Gasteiger partial charge in [-0.2, -0.15) is 11.8 Å². The predicted molar refractivity (Wildman–Crippen MR) is 117 cm³/mol. The largest absolute Gasteiger partial charge is 0.494 e. The smallest absolute Gasteiger partial charge is 0.255 e. The lowest BCUT2D eigenvalue weighted by molar-refractivity contribution is -0.113. The molecule has 0 heterocycles. The summed E-state index contributed by atoms with van der Waals surface area (Å²) in [6.07, 6.45) is 1.11. The van der Waals surface area contributed by atoms with Crippen LogP contribution in [0.15, 0.2) is 48.5 Å². The number of thioether (sulfide) groups is 1. The first kappa shape index (κ1) is 21.8. The maximum absolute atomic E-state index is 12.4. The molecule has 2 aromatic rings. The topological polar surface area (TPSA) is 67.4 Å². The Labute approximate surface area is 171 Å². The number of amides is 2. The first-order valence-corrected chi connectivity index (χ1v) is 10.6. The molecule has 0 aliphatic rings. The molecular formula is C22H28N2O3S. The van der Waals surface area contributed by atoms with Crippen molar-refractivity contribution in [1.82, 2.24) is 0 Å². The van der Waals surface area contributed by atoms with Gasteiger partial charge in [-0.1, -0.05) is 13.8 Å². The van der Waals surface area contributed by atoms with Crippen molar-refractivity contribution in [3.8, 4) is 5.75 Å². The third kappa shape index (κ3) is 7.64. The SMILES string of the molecule is CCOc1ccc(NC(=O)c2ccc(NC(=O)CSCCC(C)C)cc2)cc1. The Hall–Kier alpha value is -2.47. The van der Waals surface area contributed by atoms with Gasteiger partial charge in [0.25, 0.3) is 5.91 Å². The molecule has 0 saturated heterocycles. The Morgan fingerprint density at radius 1 is 0.964 bits per heavy atom. The van der Waals surface area contributed by atoms with Crippen molar-refractivity contribution < 1.29 is 14.3 Å². The highest BCUT2D eigenvalue weighted by Crippen LogP contribution is 2.17. The Bertz CT molecular complexity index is 758. The van der Waals surface area contributed by atoms with E-state index >= 15 is 0 Å². The summed E-state index contributed by atoms with van der Waals surface area (Å²) in [5.74, 6) is 2.61. The molecule has 2 rings (SSSR count). The minimum absolute atomic E-state index is 0.0275. The van der Waals surface area contributed by atoms with Crippen LogP contribution in [0.4, 0.5) is 11.4 Å². The molecule has 0 spiro atoms. The molecule has 0 unspecified atom stereocenters. The molecular weight excluding hydrogens is 372 g/mol. The van der Waals surface area contributed by atoms with Crippen LogP contribution < -0.4 is 15.4 Å². The van der Waals surface area contributed by atoms with Gasteiger partial charge in [-0.25, -0.2) is 0 Å². The molecule has 0 saturated carbocycles. The number of anilines is 2. The van der Waals surface area contributed by atoms with Crippen molar-refractivity contribution >= 4 is 35.0 Å². The Morgan fingerprint density at radius 2 is 1.57 bits per heavy atom. The van der Waals surface area contributed by atoms with Crippen molar-refractivity contribution in [3.05, 3.63) is 54.1 Å². The highest BCUT2D eigenvalue weighted by molar-refractivity contribution is 7.99. The van der Waals surface area contributed by atoms with Crippen LogP contribution >= 0.6 is 11.8 Å². The van der Waals surface area contributed by atoms with E-state index in [4.69, 9.17) is 4.74 Å². The second-order valence-electron chi connectivity index (χ2n) is 6.77. The maximum Gasteiger partial charge on any atom is 0.255 e. The predicted octanol–water partition coefficient (Wildman–Crippen LogP) is 5.06. The number of ether oxygens (including phenoxy) is 1. The summed E-state index contributed by atoms with van der Waals surface area (Å²) in [4.78, 5) is 24.3. The minimum atomic E-state index is -0.203. The molecule has 0 aliphatic carbocycles. The molecule has 0 radical (unpaired) electrons. The van der Waals surface area contributed by atoms with Gasteiger partial charge in [0.15, 0.2) is 0 Å². The molecule has 150 valence electrons. The van der Waals surface area contributed by atoms with E-state index in [1.807, 2.05) is 19.1 Å². The van der Waals surface area contributed by atoms with Gasteiger partial charge in [-0.15, -0.1) is 0 Å². The lowest BCUT2D eigenvalue weighted by Gasteiger charge is -2.09. The fraction of sp³-hybridized carbons (Fsp3) is 0.364. The summed E-state index contributed by atoms with van der Waals surface area (Å²) in [6.45, 7) is 6.88. The zero-order valence-electron chi connectivity index (χ0n) is 16.7. The number of carbonyl (C=O) groups excluding carboxylic acids is 2. The monoisotopic (exact) mass is 400 g/mol. The highest BCUT2D eigenvalue weighted by Gasteiger charge is 2.08. The number of rotatable bonds is 10. The van der Waals surface area contributed by atoms with Crippen LogP contribution in [0.5, 0.6) is 5.75 Å². The van der Waals surface area contributed by atoms with Gasteiger partial charge in [0.05, 0.1) is 12.4 Å².